The van der Waals surface area contributed by atoms with E-state index in [1.807, 2.05) is 48.5 Å². The van der Waals surface area contributed by atoms with Crippen LogP contribution in [0.1, 0.15) is 11.3 Å². The lowest BCUT2D eigenvalue weighted by Crippen LogP contribution is -2.02. The number of nitrogens with zero attached hydrogens (tertiary/aromatic N) is 1. The number of furan rings is 1. The number of hydrogen-bond donors (Lipinski definition) is 2. The van der Waals surface area contributed by atoms with Gasteiger partial charge in [-0.2, -0.15) is 0 Å². The lowest BCUT2D eigenvalue weighted by atomic mass is 10.2. The van der Waals surface area contributed by atoms with Crippen molar-refractivity contribution in [3.8, 4) is 5.75 Å². The molecule has 0 fully saturated rings. The van der Waals surface area contributed by atoms with Gasteiger partial charge in [-0.25, -0.2) is 4.98 Å². The zero-order valence-electron chi connectivity index (χ0n) is 13.0. The van der Waals surface area contributed by atoms with Gasteiger partial charge in [0.15, 0.2) is 0 Å². The van der Waals surface area contributed by atoms with Gasteiger partial charge < -0.3 is 19.8 Å². The van der Waals surface area contributed by atoms with E-state index in [0.29, 0.717) is 6.54 Å². The molecule has 2 aromatic heterocycles. The molecular formula is C18H19N3O2. The first-order chi connectivity index (χ1) is 11.3. The van der Waals surface area contributed by atoms with Crippen molar-refractivity contribution in [1.82, 2.24) is 4.98 Å². The standard InChI is InChI=1S/C18H19N3O2/c1-22-16-7-4-14(5-8-16)11-20-18-9-6-15(12-21-18)19-13-17-3-2-10-23-17/h2-10,12,19H,11,13H2,1H3,(H,20,21). The summed E-state index contributed by atoms with van der Waals surface area (Å²) >= 11 is 0. The second-order valence-electron chi connectivity index (χ2n) is 5.07. The molecule has 3 rings (SSSR count). The lowest BCUT2D eigenvalue weighted by molar-refractivity contribution is 0.414. The number of aromatic nitrogens is 1. The van der Waals surface area contributed by atoms with E-state index in [1.165, 1.54) is 5.56 Å². The number of benzene rings is 1. The van der Waals surface area contributed by atoms with Gasteiger partial charge in [0, 0.05) is 6.54 Å². The van der Waals surface area contributed by atoms with Crippen molar-refractivity contribution in [2.75, 3.05) is 17.7 Å². The summed E-state index contributed by atoms with van der Waals surface area (Å²) in [4.78, 5) is 4.40. The summed E-state index contributed by atoms with van der Waals surface area (Å²) in [6.45, 7) is 1.36. The van der Waals surface area contributed by atoms with Crippen molar-refractivity contribution in [3.63, 3.8) is 0 Å². The van der Waals surface area contributed by atoms with E-state index < -0.39 is 0 Å². The molecule has 2 N–H and O–H groups in total. The molecule has 0 amide bonds. The van der Waals surface area contributed by atoms with Gasteiger partial charge in [-0.3, -0.25) is 0 Å². The molecule has 5 nitrogen and oxygen atoms in total. The number of pyridine rings is 1. The molecule has 2 heterocycles. The van der Waals surface area contributed by atoms with Gasteiger partial charge in [-0.1, -0.05) is 12.1 Å². The van der Waals surface area contributed by atoms with Crippen LogP contribution in [0.5, 0.6) is 5.75 Å². The maximum atomic E-state index is 5.28. The molecule has 0 aliphatic carbocycles. The fraction of sp³-hybridized carbons (Fsp3) is 0.167. The third-order valence-electron chi connectivity index (χ3n) is 3.44. The minimum absolute atomic E-state index is 0.646. The third-order valence-corrected chi connectivity index (χ3v) is 3.44. The van der Waals surface area contributed by atoms with Gasteiger partial charge in [0.1, 0.15) is 17.3 Å². The van der Waals surface area contributed by atoms with Crippen LogP contribution >= 0.6 is 0 Å². The highest BCUT2D eigenvalue weighted by Gasteiger charge is 1.99. The van der Waals surface area contributed by atoms with Crippen LogP contribution in [0.4, 0.5) is 11.5 Å². The van der Waals surface area contributed by atoms with E-state index in [1.54, 1.807) is 19.6 Å². The molecule has 0 aliphatic rings. The molecule has 23 heavy (non-hydrogen) atoms. The zero-order valence-corrected chi connectivity index (χ0v) is 13.0. The third kappa shape index (κ3) is 4.26. The molecule has 118 valence electrons. The SMILES string of the molecule is COc1ccc(CNc2ccc(NCc3ccco3)cn2)cc1. The van der Waals surface area contributed by atoms with Gasteiger partial charge in [-0.15, -0.1) is 0 Å². The van der Waals surface area contributed by atoms with Crippen LogP contribution in [0.15, 0.2) is 65.4 Å². The fourth-order valence-electron chi connectivity index (χ4n) is 2.14. The Kier molecular flexibility index (Phi) is 4.79. The monoisotopic (exact) mass is 309 g/mol. The zero-order chi connectivity index (χ0) is 15.9. The molecule has 0 bridgehead atoms. The van der Waals surface area contributed by atoms with Gasteiger partial charge >= 0.3 is 0 Å². The predicted octanol–water partition coefficient (Wildman–Crippen LogP) is 3.91. The van der Waals surface area contributed by atoms with Crippen molar-refractivity contribution in [2.24, 2.45) is 0 Å². The Balaban J connectivity index is 1.50. The average molecular weight is 309 g/mol. The summed E-state index contributed by atoms with van der Waals surface area (Å²) in [5.41, 5.74) is 2.13. The molecule has 1 aromatic carbocycles. The summed E-state index contributed by atoms with van der Waals surface area (Å²) < 4.78 is 10.4. The van der Waals surface area contributed by atoms with Crippen LogP contribution in [0, 0.1) is 0 Å². The highest BCUT2D eigenvalue weighted by atomic mass is 16.5. The fourth-order valence-corrected chi connectivity index (χ4v) is 2.14. The highest BCUT2D eigenvalue weighted by Crippen LogP contribution is 2.14. The van der Waals surface area contributed by atoms with Crippen LogP contribution in [0.25, 0.3) is 0 Å². The summed E-state index contributed by atoms with van der Waals surface area (Å²) in [7, 11) is 1.67. The first-order valence-electron chi connectivity index (χ1n) is 7.42. The van der Waals surface area contributed by atoms with E-state index >= 15 is 0 Å². The normalized spacial score (nSPS) is 10.3. The first kappa shape index (κ1) is 15.0. The average Bonchev–Trinajstić information content (AvgIpc) is 3.13. The number of ether oxygens (including phenoxy) is 1. The van der Waals surface area contributed by atoms with Crippen LogP contribution < -0.4 is 15.4 Å². The van der Waals surface area contributed by atoms with Gasteiger partial charge in [0.25, 0.3) is 0 Å². The molecule has 3 aromatic rings. The maximum Gasteiger partial charge on any atom is 0.126 e. The summed E-state index contributed by atoms with van der Waals surface area (Å²) in [6.07, 6.45) is 3.47. The summed E-state index contributed by atoms with van der Waals surface area (Å²) in [6, 6.07) is 15.7. The number of methoxy groups -OCH3 is 1. The summed E-state index contributed by atoms with van der Waals surface area (Å²) in [5.74, 6) is 2.59. The number of nitrogens with one attached hydrogen (secondary N) is 2. The van der Waals surface area contributed by atoms with Crippen molar-refractivity contribution < 1.29 is 9.15 Å². The minimum Gasteiger partial charge on any atom is -0.497 e. The lowest BCUT2D eigenvalue weighted by Gasteiger charge is -2.08. The largest absolute Gasteiger partial charge is 0.497 e. The first-order valence-corrected chi connectivity index (χ1v) is 7.42. The smallest absolute Gasteiger partial charge is 0.126 e. The van der Waals surface area contributed by atoms with E-state index in [-0.39, 0.29) is 0 Å². The Morgan fingerprint density at radius 3 is 2.52 bits per heavy atom. The molecule has 0 atom stereocenters. The van der Waals surface area contributed by atoms with Crippen LogP contribution in [0.3, 0.4) is 0 Å². The molecule has 0 aliphatic heterocycles. The van der Waals surface area contributed by atoms with Crippen LogP contribution in [-0.2, 0) is 13.1 Å². The van der Waals surface area contributed by atoms with Crippen LogP contribution in [-0.4, -0.2) is 12.1 Å². The molecule has 0 saturated heterocycles. The second-order valence-corrected chi connectivity index (χ2v) is 5.07. The van der Waals surface area contributed by atoms with E-state index in [4.69, 9.17) is 9.15 Å². The van der Waals surface area contributed by atoms with Crippen molar-refractivity contribution >= 4 is 11.5 Å². The topological polar surface area (TPSA) is 59.3 Å². The molecule has 0 saturated carbocycles. The Hall–Kier alpha value is -2.95. The number of anilines is 2. The number of rotatable bonds is 7. The van der Waals surface area contributed by atoms with Crippen molar-refractivity contribution in [3.05, 3.63) is 72.3 Å². The molecule has 5 heteroatoms. The molecule has 0 spiro atoms. The predicted molar refractivity (Wildman–Crippen MR) is 90.6 cm³/mol. The Morgan fingerprint density at radius 1 is 1.00 bits per heavy atom. The Labute approximate surface area is 135 Å². The quantitative estimate of drug-likeness (QED) is 0.693. The minimum atomic E-state index is 0.646. The van der Waals surface area contributed by atoms with E-state index in [2.05, 4.69) is 15.6 Å². The molecule has 0 unspecified atom stereocenters. The number of hydrogen-bond acceptors (Lipinski definition) is 5. The maximum absolute atomic E-state index is 5.28. The van der Waals surface area contributed by atoms with Gasteiger partial charge in [0.05, 0.1) is 31.8 Å². The Bertz CT molecular complexity index is 707. The van der Waals surface area contributed by atoms with Crippen LogP contribution in [0.2, 0.25) is 0 Å². The summed E-state index contributed by atoms with van der Waals surface area (Å²) in [5, 5.41) is 6.56. The van der Waals surface area contributed by atoms with E-state index in [0.717, 1.165) is 29.6 Å². The van der Waals surface area contributed by atoms with E-state index in [9.17, 15) is 0 Å². The molecule has 0 radical (unpaired) electrons. The van der Waals surface area contributed by atoms with Gasteiger partial charge in [0.2, 0.25) is 0 Å². The van der Waals surface area contributed by atoms with Crippen molar-refractivity contribution in [2.45, 2.75) is 13.1 Å². The highest BCUT2D eigenvalue weighted by molar-refractivity contribution is 5.47. The van der Waals surface area contributed by atoms with Gasteiger partial charge in [-0.05, 0) is 42.0 Å². The Morgan fingerprint density at radius 2 is 1.87 bits per heavy atom. The van der Waals surface area contributed by atoms with Crippen molar-refractivity contribution in [1.29, 1.82) is 0 Å². The molecular weight excluding hydrogens is 290 g/mol. The second kappa shape index (κ2) is 7.35.